The van der Waals surface area contributed by atoms with E-state index in [9.17, 15) is 14.4 Å². The second-order valence-corrected chi connectivity index (χ2v) is 8.64. The first-order valence-corrected chi connectivity index (χ1v) is 11.8. The molecule has 2 rings (SSSR count). The van der Waals surface area contributed by atoms with Crippen molar-refractivity contribution in [3.63, 3.8) is 0 Å². The van der Waals surface area contributed by atoms with Gasteiger partial charge >= 0.3 is 12.0 Å². The molecule has 1 aliphatic heterocycles. The molecule has 1 unspecified atom stereocenters. The molecule has 1 aliphatic rings. The van der Waals surface area contributed by atoms with Crippen molar-refractivity contribution in [1.29, 1.82) is 0 Å². The number of rotatable bonds is 12. The van der Waals surface area contributed by atoms with Crippen LogP contribution in [-0.4, -0.2) is 56.2 Å². The lowest BCUT2D eigenvalue weighted by Crippen LogP contribution is -2.45. The molecule has 2 N–H and O–H groups in total. The molecule has 188 valence electrons. The zero-order valence-corrected chi connectivity index (χ0v) is 21.0. The highest BCUT2D eigenvalue weighted by atomic mass is 16.5. The minimum Gasteiger partial charge on any atom is -0.493 e. The van der Waals surface area contributed by atoms with Crippen LogP contribution in [0.15, 0.2) is 29.5 Å². The monoisotopic (exact) mass is 475 g/mol. The van der Waals surface area contributed by atoms with Gasteiger partial charge < -0.3 is 29.7 Å². The summed E-state index contributed by atoms with van der Waals surface area (Å²) in [5.41, 5.74) is 1.38. The third-order valence-electron chi connectivity index (χ3n) is 5.25. The lowest BCUT2D eigenvalue weighted by molar-refractivity contribution is -0.140. The molecule has 1 heterocycles. The lowest BCUT2D eigenvalue weighted by Gasteiger charge is -2.28. The maximum atomic E-state index is 12.8. The topological polar surface area (TPSA) is 106 Å². The van der Waals surface area contributed by atoms with E-state index in [1.807, 2.05) is 27.7 Å². The van der Waals surface area contributed by atoms with Crippen molar-refractivity contribution >= 4 is 17.9 Å². The zero-order chi connectivity index (χ0) is 25.3. The van der Waals surface area contributed by atoms with Gasteiger partial charge in [0.15, 0.2) is 18.1 Å². The standard InChI is InChI=1S/C25H37N3O6/c1-7-11-28(12-8-2)21(29)15-33-19-10-9-18(13-20(19)32-6)23-22(17(5)26-25(31)27-23)24(30)34-14-16(3)4/h9-10,13,16,23H,7-8,11-12,14-15H2,1-6H3,(H2,26,27,31). The SMILES string of the molecule is CCCN(CCC)C(=O)COc1ccc(C2NC(=O)NC(C)=C2C(=O)OCC(C)C)cc1OC. The number of allylic oxidation sites excluding steroid dienone is 1. The Balaban J connectivity index is 2.25. The van der Waals surface area contributed by atoms with Gasteiger partial charge in [-0.15, -0.1) is 0 Å². The number of carbonyl (C=O) groups excluding carboxylic acids is 3. The lowest BCUT2D eigenvalue weighted by atomic mass is 9.95. The summed E-state index contributed by atoms with van der Waals surface area (Å²) in [5, 5.41) is 5.41. The van der Waals surface area contributed by atoms with E-state index in [0.717, 1.165) is 12.8 Å². The van der Waals surface area contributed by atoms with Crippen LogP contribution in [0.4, 0.5) is 4.79 Å². The zero-order valence-electron chi connectivity index (χ0n) is 21.0. The Labute approximate surface area is 201 Å². The highest BCUT2D eigenvalue weighted by molar-refractivity contribution is 5.95. The molecular formula is C25H37N3O6. The summed E-state index contributed by atoms with van der Waals surface area (Å²) in [4.78, 5) is 39.3. The first-order chi connectivity index (χ1) is 16.2. The first kappa shape index (κ1) is 27.0. The predicted molar refractivity (Wildman–Crippen MR) is 129 cm³/mol. The van der Waals surface area contributed by atoms with Gasteiger partial charge in [0.05, 0.1) is 25.3 Å². The highest BCUT2D eigenvalue weighted by Crippen LogP contribution is 2.34. The van der Waals surface area contributed by atoms with Gasteiger partial charge in [-0.3, -0.25) is 4.79 Å². The number of ether oxygens (including phenoxy) is 3. The van der Waals surface area contributed by atoms with Gasteiger partial charge in [-0.2, -0.15) is 0 Å². The normalized spacial score (nSPS) is 15.5. The van der Waals surface area contributed by atoms with Gasteiger partial charge in [0.1, 0.15) is 0 Å². The maximum Gasteiger partial charge on any atom is 0.338 e. The van der Waals surface area contributed by atoms with Crippen LogP contribution >= 0.6 is 0 Å². The Hall–Kier alpha value is -3.23. The van der Waals surface area contributed by atoms with Gasteiger partial charge in [0.2, 0.25) is 0 Å². The second-order valence-electron chi connectivity index (χ2n) is 8.64. The Morgan fingerprint density at radius 1 is 1.12 bits per heavy atom. The number of urea groups is 1. The molecule has 0 fully saturated rings. The van der Waals surface area contributed by atoms with Crippen LogP contribution < -0.4 is 20.1 Å². The average molecular weight is 476 g/mol. The number of nitrogens with one attached hydrogen (secondary N) is 2. The molecule has 1 aromatic rings. The van der Waals surface area contributed by atoms with Crippen molar-refractivity contribution in [2.45, 2.75) is 53.5 Å². The molecule has 34 heavy (non-hydrogen) atoms. The fourth-order valence-corrected chi connectivity index (χ4v) is 3.65. The van der Waals surface area contributed by atoms with E-state index in [4.69, 9.17) is 14.2 Å². The van der Waals surface area contributed by atoms with Gasteiger partial charge in [-0.05, 0) is 43.4 Å². The Bertz CT molecular complexity index is 906. The Morgan fingerprint density at radius 3 is 2.38 bits per heavy atom. The molecule has 0 radical (unpaired) electrons. The van der Waals surface area contributed by atoms with Crippen LogP contribution in [0.1, 0.15) is 59.1 Å². The van der Waals surface area contributed by atoms with E-state index in [1.165, 1.54) is 7.11 Å². The summed E-state index contributed by atoms with van der Waals surface area (Å²) in [6.45, 7) is 11.2. The third-order valence-corrected chi connectivity index (χ3v) is 5.25. The van der Waals surface area contributed by atoms with E-state index >= 15 is 0 Å². The summed E-state index contributed by atoms with van der Waals surface area (Å²) < 4.78 is 16.7. The Morgan fingerprint density at radius 2 is 1.79 bits per heavy atom. The number of carbonyl (C=O) groups is 3. The highest BCUT2D eigenvalue weighted by Gasteiger charge is 2.33. The van der Waals surface area contributed by atoms with Crippen molar-refractivity contribution in [2.24, 2.45) is 5.92 Å². The van der Waals surface area contributed by atoms with Crippen molar-refractivity contribution in [3.8, 4) is 11.5 Å². The van der Waals surface area contributed by atoms with Crippen LogP contribution in [0.25, 0.3) is 0 Å². The average Bonchev–Trinajstić information content (AvgIpc) is 2.80. The van der Waals surface area contributed by atoms with Crippen molar-refractivity contribution in [3.05, 3.63) is 35.0 Å². The van der Waals surface area contributed by atoms with Gasteiger partial charge in [-0.1, -0.05) is 33.8 Å². The molecule has 0 bridgehead atoms. The smallest absolute Gasteiger partial charge is 0.338 e. The number of methoxy groups -OCH3 is 1. The minimum absolute atomic E-state index is 0.0887. The molecule has 0 saturated carbocycles. The number of nitrogens with zero attached hydrogens (tertiary/aromatic N) is 1. The van der Waals surface area contributed by atoms with Crippen molar-refractivity contribution in [2.75, 3.05) is 33.4 Å². The largest absolute Gasteiger partial charge is 0.493 e. The Kier molecular flexibility index (Phi) is 10.2. The molecule has 0 saturated heterocycles. The van der Waals surface area contributed by atoms with Crippen LogP contribution in [0.5, 0.6) is 11.5 Å². The van der Waals surface area contributed by atoms with E-state index < -0.39 is 18.0 Å². The summed E-state index contributed by atoms with van der Waals surface area (Å²) >= 11 is 0. The van der Waals surface area contributed by atoms with Crippen LogP contribution in [0.3, 0.4) is 0 Å². The van der Waals surface area contributed by atoms with Crippen molar-refractivity contribution in [1.82, 2.24) is 15.5 Å². The first-order valence-electron chi connectivity index (χ1n) is 11.8. The number of hydrogen-bond donors (Lipinski definition) is 2. The molecule has 0 aliphatic carbocycles. The molecule has 9 nitrogen and oxygen atoms in total. The number of amides is 3. The minimum atomic E-state index is -0.720. The fourth-order valence-electron chi connectivity index (χ4n) is 3.65. The van der Waals surface area contributed by atoms with Crippen molar-refractivity contribution < 1.29 is 28.6 Å². The van der Waals surface area contributed by atoms with E-state index in [1.54, 1.807) is 30.0 Å². The third kappa shape index (κ3) is 7.13. The molecule has 0 aromatic heterocycles. The molecule has 1 aromatic carbocycles. The molecule has 0 spiro atoms. The number of hydrogen-bond acceptors (Lipinski definition) is 6. The summed E-state index contributed by atoms with van der Waals surface area (Å²) in [7, 11) is 1.49. The van der Waals surface area contributed by atoms with Crippen LogP contribution in [-0.2, 0) is 14.3 Å². The van der Waals surface area contributed by atoms with Gasteiger partial charge in [0.25, 0.3) is 5.91 Å². The van der Waals surface area contributed by atoms with Gasteiger partial charge in [0, 0.05) is 18.8 Å². The molecular weight excluding hydrogens is 438 g/mol. The number of benzene rings is 1. The quantitative estimate of drug-likeness (QED) is 0.448. The summed E-state index contributed by atoms with van der Waals surface area (Å²) in [6, 6.07) is 3.96. The second kappa shape index (κ2) is 12.9. The molecule has 3 amide bonds. The number of esters is 1. The van der Waals surface area contributed by atoms with Gasteiger partial charge in [-0.25, -0.2) is 9.59 Å². The van der Waals surface area contributed by atoms with Crippen LogP contribution in [0.2, 0.25) is 0 Å². The molecule has 1 atom stereocenters. The summed E-state index contributed by atoms with van der Waals surface area (Å²) in [6.07, 6.45) is 1.75. The summed E-state index contributed by atoms with van der Waals surface area (Å²) in [5.74, 6) is 0.384. The maximum absolute atomic E-state index is 12.8. The van der Waals surface area contributed by atoms with E-state index in [0.29, 0.717) is 41.4 Å². The predicted octanol–water partition coefficient (Wildman–Crippen LogP) is 3.55. The molecule has 9 heteroatoms. The van der Waals surface area contributed by atoms with E-state index in [2.05, 4.69) is 10.6 Å². The van der Waals surface area contributed by atoms with E-state index in [-0.39, 0.29) is 25.0 Å². The fraction of sp³-hybridized carbons (Fsp3) is 0.560. The van der Waals surface area contributed by atoms with Crippen LogP contribution in [0, 0.1) is 5.92 Å².